The fraction of sp³-hybridized carbons (Fsp3) is 0.387. The maximum Gasteiger partial charge on any atom is 0.296 e. The van der Waals surface area contributed by atoms with Gasteiger partial charge in [0.15, 0.2) is 5.54 Å². The SMILES string of the molecule is C=CCOc1ccc(C(O)=C2C(=O)C(=O)N(CCCN(C)C)C23C(=O)N(CCCC)c2ccccc23)cc1C. The number of amides is 2. The second-order valence-corrected chi connectivity index (χ2v) is 10.3. The lowest BCUT2D eigenvalue weighted by Crippen LogP contribution is -2.52. The van der Waals surface area contributed by atoms with E-state index in [1.54, 1.807) is 41.3 Å². The number of fused-ring (bicyclic) bond motifs is 2. The third kappa shape index (κ3) is 4.74. The molecule has 0 bridgehead atoms. The van der Waals surface area contributed by atoms with Gasteiger partial charge >= 0.3 is 0 Å². The van der Waals surface area contributed by atoms with Crippen LogP contribution in [-0.4, -0.2) is 72.8 Å². The van der Waals surface area contributed by atoms with Gasteiger partial charge in [0.2, 0.25) is 0 Å². The number of aliphatic hydroxyl groups excluding tert-OH is 1. The molecule has 0 aromatic heterocycles. The van der Waals surface area contributed by atoms with Crippen molar-refractivity contribution in [1.29, 1.82) is 0 Å². The van der Waals surface area contributed by atoms with Crippen LogP contribution in [0.4, 0.5) is 5.69 Å². The molecule has 8 nitrogen and oxygen atoms in total. The Kier molecular flexibility index (Phi) is 8.25. The lowest BCUT2D eigenvalue weighted by atomic mass is 9.81. The van der Waals surface area contributed by atoms with Gasteiger partial charge in [0.25, 0.3) is 17.6 Å². The Bertz CT molecular complexity index is 1330. The molecule has 1 fully saturated rings. The van der Waals surface area contributed by atoms with Crippen molar-refractivity contribution in [2.45, 2.75) is 38.6 Å². The molecule has 2 heterocycles. The van der Waals surface area contributed by atoms with Crippen molar-refractivity contribution < 1.29 is 24.2 Å². The van der Waals surface area contributed by atoms with E-state index in [2.05, 4.69) is 6.58 Å². The van der Waals surface area contributed by atoms with Crippen LogP contribution in [0.5, 0.6) is 5.75 Å². The summed E-state index contributed by atoms with van der Waals surface area (Å²) < 4.78 is 5.66. The monoisotopic (exact) mass is 531 g/mol. The molecule has 2 aromatic carbocycles. The lowest BCUT2D eigenvalue weighted by Gasteiger charge is -2.35. The van der Waals surface area contributed by atoms with Crippen molar-refractivity contribution in [3.63, 3.8) is 0 Å². The first-order chi connectivity index (χ1) is 18.7. The Morgan fingerprint density at radius 1 is 1.10 bits per heavy atom. The molecule has 39 heavy (non-hydrogen) atoms. The highest BCUT2D eigenvalue weighted by Crippen LogP contribution is 2.53. The summed E-state index contributed by atoms with van der Waals surface area (Å²) in [5, 5.41) is 11.7. The van der Waals surface area contributed by atoms with Gasteiger partial charge in [0.1, 0.15) is 18.1 Å². The maximum atomic E-state index is 14.5. The van der Waals surface area contributed by atoms with E-state index in [1.165, 1.54) is 4.90 Å². The maximum absolute atomic E-state index is 14.5. The topological polar surface area (TPSA) is 90.4 Å². The highest BCUT2D eigenvalue weighted by atomic mass is 16.5. The largest absolute Gasteiger partial charge is 0.507 e. The number of unbranched alkanes of at least 4 members (excludes halogenated alkanes) is 1. The first-order valence-electron chi connectivity index (χ1n) is 13.4. The average Bonchev–Trinajstić information content (AvgIpc) is 3.29. The molecule has 0 radical (unpaired) electrons. The molecule has 2 aromatic rings. The summed E-state index contributed by atoms with van der Waals surface area (Å²) in [7, 11) is 3.86. The van der Waals surface area contributed by atoms with E-state index in [4.69, 9.17) is 4.74 Å². The van der Waals surface area contributed by atoms with Crippen LogP contribution in [0.2, 0.25) is 0 Å². The number of hydrogen-bond donors (Lipinski definition) is 1. The third-order valence-electron chi connectivity index (χ3n) is 7.34. The number of carbonyl (C=O) groups is 3. The first kappa shape index (κ1) is 28.1. The summed E-state index contributed by atoms with van der Waals surface area (Å²) in [6.45, 7) is 9.16. The Labute approximate surface area is 230 Å². The summed E-state index contributed by atoms with van der Waals surface area (Å²) in [5.41, 5.74) is 0.346. The van der Waals surface area contributed by atoms with Crippen LogP contribution in [0.25, 0.3) is 5.76 Å². The number of Topliss-reactive ketones (excluding diaryl/α,β-unsaturated/α-hetero) is 1. The van der Waals surface area contributed by atoms with E-state index >= 15 is 0 Å². The van der Waals surface area contributed by atoms with Crippen LogP contribution >= 0.6 is 0 Å². The number of carbonyl (C=O) groups excluding carboxylic acids is 3. The normalized spacial score (nSPS) is 19.9. The van der Waals surface area contributed by atoms with Gasteiger partial charge in [-0.05, 0) is 70.2 Å². The minimum absolute atomic E-state index is 0.187. The van der Waals surface area contributed by atoms with Crippen LogP contribution < -0.4 is 9.64 Å². The van der Waals surface area contributed by atoms with Gasteiger partial charge in [-0.25, -0.2) is 0 Å². The molecule has 1 atom stereocenters. The van der Waals surface area contributed by atoms with Crippen LogP contribution in [0, 0.1) is 6.92 Å². The van der Waals surface area contributed by atoms with Crippen molar-refractivity contribution in [2.75, 3.05) is 45.2 Å². The summed E-state index contributed by atoms with van der Waals surface area (Å²) in [4.78, 5) is 46.9. The molecule has 1 unspecified atom stereocenters. The van der Waals surface area contributed by atoms with Crippen LogP contribution in [0.15, 0.2) is 60.7 Å². The summed E-state index contributed by atoms with van der Waals surface area (Å²) >= 11 is 0. The molecule has 1 spiro atoms. The van der Waals surface area contributed by atoms with Crippen molar-refractivity contribution >= 4 is 29.0 Å². The fourth-order valence-electron chi connectivity index (χ4n) is 5.50. The number of ether oxygens (including phenoxy) is 1. The molecule has 1 N–H and O–H groups in total. The molecular formula is C31H37N3O5. The Hall–Kier alpha value is -3.91. The number of para-hydroxylation sites is 1. The standard InChI is InChI=1S/C31H37N3O5/c1-6-8-17-33-24-13-10-9-12-23(24)31(30(33)38)26(28(36)29(37)34(31)18-11-16-32(4)5)27(35)22-14-15-25(21(3)20-22)39-19-7-2/h7,9-10,12-15,20,35H,2,6,8,11,16-19H2,1,3-5H3. The fourth-order valence-corrected chi connectivity index (χ4v) is 5.50. The quantitative estimate of drug-likeness (QED) is 0.202. The Balaban J connectivity index is 1.94. The summed E-state index contributed by atoms with van der Waals surface area (Å²) in [6.07, 6.45) is 3.82. The number of nitrogens with zero attached hydrogens (tertiary/aromatic N) is 3. The van der Waals surface area contributed by atoms with Gasteiger partial charge in [-0.2, -0.15) is 0 Å². The zero-order valence-electron chi connectivity index (χ0n) is 23.2. The number of benzene rings is 2. The van der Waals surface area contributed by atoms with Gasteiger partial charge in [0, 0.05) is 24.2 Å². The highest BCUT2D eigenvalue weighted by Gasteiger charge is 2.66. The first-order valence-corrected chi connectivity index (χ1v) is 13.4. The zero-order valence-corrected chi connectivity index (χ0v) is 23.2. The predicted molar refractivity (Wildman–Crippen MR) is 152 cm³/mol. The van der Waals surface area contributed by atoms with Crippen molar-refractivity contribution in [3.8, 4) is 5.75 Å². The predicted octanol–water partition coefficient (Wildman–Crippen LogP) is 4.23. The Morgan fingerprint density at radius 3 is 2.51 bits per heavy atom. The van der Waals surface area contributed by atoms with Crippen LogP contribution in [0.1, 0.15) is 42.9 Å². The summed E-state index contributed by atoms with van der Waals surface area (Å²) in [5.74, 6) is -1.79. The number of rotatable bonds is 11. The van der Waals surface area contributed by atoms with Crippen LogP contribution in [-0.2, 0) is 19.9 Å². The number of ketones is 1. The highest BCUT2D eigenvalue weighted by molar-refractivity contribution is 6.50. The molecule has 2 amide bonds. The zero-order chi connectivity index (χ0) is 28.3. The second-order valence-electron chi connectivity index (χ2n) is 10.3. The number of aliphatic hydroxyl groups is 1. The lowest BCUT2D eigenvalue weighted by molar-refractivity contribution is -0.143. The van der Waals surface area contributed by atoms with Crippen molar-refractivity contribution in [1.82, 2.24) is 9.80 Å². The molecule has 206 valence electrons. The number of aryl methyl sites for hydroxylation is 1. The van der Waals surface area contributed by atoms with Gasteiger partial charge in [-0.3, -0.25) is 14.4 Å². The smallest absolute Gasteiger partial charge is 0.296 e. The molecular weight excluding hydrogens is 494 g/mol. The minimum Gasteiger partial charge on any atom is -0.507 e. The van der Waals surface area contributed by atoms with E-state index < -0.39 is 17.2 Å². The van der Waals surface area contributed by atoms with Gasteiger partial charge < -0.3 is 24.5 Å². The molecule has 8 heteroatoms. The van der Waals surface area contributed by atoms with E-state index in [-0.39, 0.29) is 23.8 Å². The third-order valence-corrected chi connectivity index (χ3v) is 7.34. The van der Waals surface area contributed by atoms with Gasteiger partial charge in [-0.15, -0.1) is 0 Å². The van der Waals surface area contributed by atoms with Gasteiger partial charge in [-0.1, -0.05) is 44.2 Å². The second kappa shape index (κ2) is 11.5. The van der Waals surface area contributed by atoms with E-state index in [0.29, 0.717) is 48.7 Å². The molecule has 0 saturated carbocycles. The van der Waals surface area contributed by atoms with Crippen molar-refractivity contribution in [2.24, 2.45) is 0 Å². The number of likely N-dealkylation sites (tertiary alicyclic amines) is 1. The Morgan fingerprint density at radius 2 is 1.85 bits per heavy atom. The van der Waals surface area contributed by atoms with Gasteiger partial charge in [0.05, 0.1) is 11.3 Å². The molecule has 4 rings (SSSR count). The van der Waals surface area contributed by atoms with E-state index in [0.717, 1.165) is 18.4 Å². The van der Waals surface area contributed by atoms with E-state index in [9.17, 15) is 19.5 Å². The average molecular weight is 532 g/mol. The van der Waals surface area contributed by atoms with Crippen molar-refractivity contribution in [3.05, 3.63) is 77.4 Å². The molecule has 2 aliphatic rings. The number of anilines is 1. The minimum atomic E-state index is -1.74. The number of hydrogen-bond acceptors (Lipinski definition) is 6. The molecule has 2 aliphatic heterocycles. The van der Waals surface area contributed by atoms with E-state index in [1.807, 2.05) is 45.0 Å². The molecule has 1 saturated heterocycles. The summed E-state index contributed by atoms with van der Waals surface area (Å²) in [6, 6.07) is 12.3. The van der Waals surface area contributed by atoms with Crippen LogP contribution in [0.3, 0.4) is 0 Å². The molecule has 0 aliphatic carbocycles.